The van der Waals surface area contributed by atoms with E-state index in [9.17, 15) is 9.59 Å². The molecular formula is C18H20N4O3. The lowest BCUT2D eigenvalue weighted by atomic mass is 10.1. The number of rotatable bonds is 6. The summed E-state index contributed by atoms with van der Waals surface area (Å²) in [5.41, 5.74) is 2.65. The van der Waals surface area contributed by atoms with E-state index in [4.69, 9.17) is 4.74 Å². The Morgan fingerprint density at radius 1 is 1.24 bits per heavy atom. The van der Waals surface area contributed by atoms with Crippen LogP contribution in [0.1, 0.15) is 21.7 Å². The zero-order valence-electron chi connectivity index (χ0n) is 14.5. The van der Waals surface area contributed by atoms with Crippen LogP contribution in [0.5, 0.6) is 0 Å². The summed E-state index contributed by atoms with van der Waals surface area (Å²) in [5, 5.41) is 8.35. The topological polar surface area (TPSA) is 79.0 Å². The highest BCUT2D eigenvalue weighted by Crippen LogP contribution is 2.16. The molecule has 0 aliphatic heterocycles. The van der Waals surface area contributed by atoms with Crippen LogP contribution < -0.4 is 5.56 Å². The highest BCUT2D eigenvalue weighted by Gasteiger charge is 2.17. The van der Waals surface area contributed by atoms with Crippen LogP contribution >= 0.6 is 0 Å². The summed E-state index contributed by atoms with van der Waals surface area (Å²) in [4.78, 5) is 25.2. The van der Waals surface area contributed by atoms with Gasteiger partial charge in [0.25, 0.3) is 5.56 Å². The minimum atomic E-state index is -0.313. The molecular weight excluding hydrogens is 320 g/mol. The second kappa shape index (κ2) is 6.98. The molecule has 25 heavy (non-hydrogen) atoms. The largest absolute Gasteiger partial charge is 0.383 e. The van der Waals surface area contributed by atoms with Crippen molar-refractivity contribution < 1.29 is 9.53 Å². The minimum absolute atomic E-state index is 0.134. The van der Waals surface area contributed by atoms with Crippen LogP contribution in [-0.2, 0) is 17.8 Å². The highest BCUT2D eigenvalue weighted by atomic mass is 16.5. The van der Waals surface area contributed by atoms with Gasteiger partial charge in [0.05, 0.1) is 12.0 Å². The molecule has 0 amide bonds. The molecule has 3 rings (SSSR count). The summed E-state index contributed by atoms with van der Waals surface area (Å²) < 4.78 is 8.26. The van der Waals surface area contributed by atoms with Crippen molar-refractivity contribution in [1.82, 2.24) is 19.6 Å². The van der Waals surface area contributed by atoms with Gasteiger partial charge in [-0.2, -0.15) is 0 Å². The van der Waals surface area contributed by atoms with Gasteiger partial charge in [-0.3, -0.25) is 9.59 Å². The molecule has 0 bridgehead atoms. The monoisotopic (exact) mass is 340 g/mol. The Kier molecular flexibility index (Phi) is 4.76. The van der Waals surface area contributed by atoms with E-state index in [1.54, 1.807) is 31.4 Å². The summed E-state index contributed by atoms with van der Waals surface area (Å²) >= 11 is 0. The van der Waals surface area contributed by atoms with E-state index < -0.39 is 0 Å². The quantitative estimate of drug-likeness (QED) is 0.639. The number of aromatic nitrogens is 4. The number of hydrogen-bond donors (Lipinski definition) is 0. The van der Waals surface area contributed by atoms with Gasteiger partial charge in [-0.15, -0.1) is 5.10 Å². The predicted molar refractivity (Wildman–Crippen MR) is 93.9 cm³/mol. The predicted octanol–water partition coefficient (Wildman–Crippen LogP) is 1.74. The molecule has 0 fully saturated rings. The van der Waals surface area contributed by atoms with E-state index in [0.717, 1.165) is 16.1 Å². The van der Waals surface area contributed by atoms with Crippen molar-refractivity contribution in [1.29, 1.82) is 0 Å². The molecule has 0 unspecified atom stereocenters. The third-order valence-corrected chi connectivity index (χ3v) is 4.32. The van der Waals surface area contributed by atoms with Gasteiger partial charge in [-0.25, -0.2) is 4.68 Å². The average molecular weight is 340 g/mol. The maximum atomic E-state index is 12.7. The molecule has 0 atom stereocenters. The van der Waals surface area contributed by atoms with E-state index in [-0.39, 0.29) is 17.9 Å². The van der Waals surface area contributed by atoms with E-state index in [1.807, 2.05) is 24.5 Å². The van der Waals surface area contributed by atoms with Crippen LogP contribution in [0.15, 0.2) is 35.1 Å². The maximum Gasteiger partial charge on any atom is 0.278 e. The van der Waals surface area contributed by atoms with Crippen molar-refractivity contribution in [3.05, 3.63) is 57.6 Å². The molecule has 7 nitrogen and oxygen atoms in total. The van der Waals surface area contributed by atoms with Gasteiger partial charge in [0.1, 0.15) is 12.1 Å². The summed E-state index contributed by atoms with van der Waals surface area (Å²) in [6, 6.07) is 8.80. The number of carbonyl (C=O) groups excluding carboxylic acids is 1. The maximum absolute atomic E-state index is 12.7. The van der Waals surface area contributed by atoms with Crippen molar-refractivity contribution >= 4 is 16.7 Å². The van der Waals surface area contributed by atoms with Crippen molar-refractivity contribution in [2.24, 2.45) is 0 Å². The zero-order valence-corrected chi connectivity index (χ0v) is 14.5. The first-order valence-corrected chi connectivity index (χ1v) is 8.04. The van der Waals surface area contributed by atoms with Gasteiger partial charge in [0.15, 0.2) is 5.78 Å². The first-order valence-electron chi connectivity index (χ1n) is 8.04. The number of Topliss-reactive ketones (excluding diaryl/α,β-unsaturated/α-hetero) is 1. The number of ketones is 1. The first-order chi connectivity index (χ1) is 12.0. The molecule has 0 radical (unpaired) electrons. The normalized spacial score (nSPS) is 11.2. The SMILES string of the molecule is COCCn1c(C)cc(C(=O)Cn2nnc3ccccc3c2=O)c1C. The van der Waals surface area contributed by atoms with Crippen molar-refractivity contribution in [3.8, 4) is 0 Å². The van der Waals surface area contributed by atoms with Gasteiger partial charge < -0.3 is 9.30 Å². The van der Waals surface area contributed by atoms with E-state index >= 15 is 0 Å². The van der Waals surface area contributed by atoms with Gasteiger partial charge >= 0.3 is 0 Å². The Hall–Kier alpha value is -2.80. The first kappa shape index (κ1) is 17.0. The lowest BCUT2D eigenvalue weighted by molar-refractivity contribution is 0.0963. The fourth-order valence-corrected chi connectivity index (χ4v) is 2.96. The highest BCUT2D eigenvalue weighted by molar-refractivity contribution is 5.97. The van der Waals surface area contributed by atoms with Crippen LogP contribution in [0.25, 0.3) is 10.9 Å². The Balaban J connectivity index is 1.91. The third-order valence-electron chi connectivity index (χ3n) is 4.32. The number of fused-ring (bicyclic) bond motifs is 1. The summed E-state index contributed by atoms with van der Waals surface area (Å²) in [5.74, 6) is -0.163. The Morgan fingerprint density at radius 2 is 2.00 bits per heavy atom. The van der Waals surface area contributed by atoms with Gasteiger partial charge in [0, 0.05) is 30.6 Å². The van der Waals surface area contributed by atoms with E-state index in [1.165, 1.54) is 0 Å². The molecule has 0 N–H and O–H groups in total. The molecule has 7 heteroatoms. The smallest absolute Gasteiger partial charge is 0.278 e. The number of nitrogens with zero attached hydrogens (tertiary/aromatic N) is 4. The van der Waals surface area contributed by atoms with Crippen LogP contribution in [0.4, 0.5) is 0 Å². The number of hydrogen-bond acceptors (Lipinski definition) is 5. The Labute approximate surface area is 144 Å². The second-order valence-electron chi connectivity index (χ2n) is 5.92. The van der Waals surface area contributed by atoms with Crippen LogP contribution in [0.3, 0.4) is 0 Å². The fourth-order valence-electron chi connectivity index (χ4n) is 2.96. The standard InChI is InChI=1S/C18H20N4O3/c1-12-10-15(13(2)21(12)8-9-25-3)17(23)11-22-18(24)14-6-4-5-7-16(14)19-20-22/h4-7,10H,8-9,11H2,1-3H3. The molecule has 2 aromatic heterocycles. The Bertz CT molecular complexity index is 988. The fraction of sp³-hybridized carbons (Fsp3) is 0.333. The van der Waals surface area contributed by atoms with E-state index in [0.29, 0.717) is 29.6 Å². The lowest BCUT2D eigenvalue weighted by Crippen LogP contribution is -2.28. The second-order valence-corrected chi connectivity index (χ2v) is 5.92. The zero-order chi connectivity index (χ0) is 18.0. The molecule has 0 aliphatic carbocycles. The number of methoxy groups -OCH3 is 1. The van der Waals surface area contributed by atoms with Crippen LogP contribution in [0, 0.1) is 13.8 Å². The average Bonchev–Trinajstić information content (AvgIpc) is 2.90. The van der Waals surface area contributed by atoms with Crippen molar-refractivity contribution in [2.75, 3.05) is 13.7 Å². The van der Waals surface area contributed by atoms with Gasteiger partial charge in [-0.1, -0.05) is 17.3 Å². The molecule has 130 valence electrons. The third kappa shape index (κ3) is 3.23. The summed E-state index contributed by atoms with van der Waals surface area (Å²) in [6.07, 6.45) is 0. The summed E-state index contributed by atoms with van der Waals surface area (Å²) in [7, 11) is 1.64. The molecule has 1 aromatic carbocycles. The Morgan fingerprint density at radius 3 is 2.76 bits per heavy atom. The van der Waals surface area contributed by atoms with E-state index in [2.05, 4.69) is 10.3 Å². The van der Waals surface area contributed by atoms with Crippen LogP contribution in [-0.4, -0.2) is 39.1 Å². The van der Waals surface area contributed by atoms with Crippen LogP contribution in [0.2, 0.25) is 0 Å². The number of carbonyl (C=O) groups is 1. The minimum Gasteiger partial charge on any atom is -0.383 e. The lowest BCUT2D eigenvalue weighted by Gasteiger charge is -2.09. The molecule has 2 heterocycles. The molecule has 0 saturated heterocycles. The molecule has 0 spiro atoms. The summed E-state index contributed by atoms with van der Waals surface area (Å²) in [6.45, 7) is 4.95. The number of ether oxygens (including phenoxy) is 1. The van der Waals surface area contributed by atoms with Crippen molar-refractivity contribution in [3.63, 3.8) is 0 Å². The molecule has 0 aliphatic rings. The molecule has 0 saturated carbocycles. The van der Waals surface area contributed by atoms with Gasteiger partial charge in [-0.05, 0) is 32.0 Å². The van der Waals surface area contributed by atoms with Gasteiger partial charge in [0.2, 0.25) is 0 Å². The molecule has 3 aromatic rings. The van der Waals surface area contributed by atoms with Crippen molar-refractivity contribution in [2.45, 2.75) is 26.9 Å². The number of aryl methyl sites for hydroxylation is 1. The number of benzene rings is 1.